The molecule has 3 aromatic rings. The predicted octanol–water partition coefficient (Wildman–Crippen LogP) is 2.80. The molecule has 0 fully saturated rings. The van der Waals surface area contributed by atoms with Crippen molar-refractivity contribution in [2.45, 2.75) is 24.3 Å². The second-order valence-electron chi connectivity index (χ2n) is 5.76. The number of benzene rings is 1. The molecule has 7 nitrogen and oxygen atoms in total. The monoisotopic (exact) mass is 429 g/mol. The summed E-state index contributed by atoms with van der Waals surface area (Å²) >= 11 is 0. The largest absolute Gasteiger partial charge is 0.380 e. The number of anilines is 1. The van der Waals surface area contributed by atoms with Crippen molar-refractivity contribution in [2.24, 2.45) is 5.14 Å². The van der Waals surface area contributed by atoms with E-state index in [1.165, 1.54) is 6.07 Å². The molecule has 3 rings (SSSR count). The number of pyridine rings is 1. The highest BCUT2D eigenvalue weighted by molar-refractivity contribution is 7.89. The standard InChI is InChI=1S/C17H19N5O2S.2ClH/c1-13(10-14-6-2-3-7-16(14)25(18,23)24)21-15-11-20-22(12-15)17-8-4-5-9-19-17;;/h2-9,11-13,21H,10H2,1H3,(H2,18,23,24);2*1H. The van der Waals surface area contributed by atoms with E-state index in [9.17, 15) is 8.42 Å². The highest BCUT2D eigenvalue weighted by atomic mass is 35.5. The first-order valence-corrected chi connectivity index (χ1v) is 9.31. The molecule has 2 aromatic heterocycles. The molecule has 1 unspecified atom stereocenters. The van der Waals surface area contributed by atoms with Gasteiger partial charge < -0.3 is 5.32 Å². The molecular weight excluding hydrogens is 409 g/mol. The van der Waals surface area contributed by atoms with Crippen LogP contribution in [0, 0.1) is 0 Å². The number of halogens is 2. The van der Waals surface area contributed by atoms with Gasteiger partial charge in [0.05, 0.1) is 23.0 Å². The summed E-state index contributed by atoms with van der Waals surface area (Å²) in [5.74, 6) is 0.725. The van der Waals surface area contributed by atoms with Crippen molar-refractivity contribution >= 4 is 40.5 Å². The molecule has 146 valence electrons. The molecule has 0 saturated carbocycles. The summed E-state index contributed by atoms with van der Waals surface area (Å²) in [6, 6.07) is 12.4. The van der Waals surface area contributed by atoms with Gasteiger partial charge in [0.15, 0.2) is 5.82 Å². The number of sulfonamides is 1. The topological polar surface area (TPSA) is 103 Å². The van der Waals surface area contributed by atoms with Gasteiger partial charge in [-0.2, -0.15) is 5.10 Å². The van der Waals surface area contributed by atoms with Gasteiger partial charge in [0.25, 0.3) is 0 Å². The normalized spacial score (nSPS) is 11.8. The van der Waals surface area contributed by atoms with Crippen LogP contribution in [0.15, 0.2) is 66.0 Å². The predicted molar refractivity (Wildman–Crippen MR) is 110 cm³/mol. The third-order valence-corrected chi connectivity index (χ3v) is 4.70. The lowest BCUT2D eigenvalue weighted by Gasteiger charge is -2.15. The summed E-state index contributed by atoms with van der Waals surface area (Å²) in [5.41, 5.74) is 1.51. The zero-order valence-electron chi connectivity index (χ0n) is 14.5. The Morgan fingerprint density at radius 2 is 1.85 bits per heavy atom. The molecule has 1 aromatic carbocycles. The summed E-state index contributed by atoms with van der Waals surface area (Å²) in [6.07, 6.45) is 5.76. The second-order valence-corrected chi connectivity index (χ2v) is 7.29. The number of hydrogen-bond donors (Lipinski definition) is 2. The number of nitrogens with one attached hydrogen (secondary N) is 1. The molecule has 3 N–H and O–H groups in total. The van der Waals surface area contributed by atoms with E-state index in [2.05, 4.69) is 15.4 Å². The average Bonchev–Trinajstić information content (AvgIpc) is 3.03. The van der Waals surface area contributed by atoms with Gasteiger partial charge in [0.1, 0.15) is 0 Å². The Bertz CT molecular complexity index is 964. The van der Waals surface area contributed by atoms with Gasteiger partial charge in [0.2, 0.25) is 10.0 Å². The van der Waals surface area contributed by atoms with Gasteiger partial charge in [-0.05, 0) is 37.1 Å². The van der Waals surface area contributed by atoms with Crippen LogP contribution in [0.3, 0.4) is 0 Å². The first-order chi connectivity index (χ1) is 11.9. The smallest absolute Gasteiger partial charge is 0.238 e. The Hall–Kier alpha value is -2.13. The fourth-order valence-corrected chi connectivity index (χ4v) is 3.41. The number of nitrogens with zero attached hydrogens (tertiary/aromatic N) is 3. The van der Waals surface area contributed by atoms with Crippen LogP contribution in [0.1, 0.15) is 12.5 Å². The molecule has 0 aliphatic heterocycles. The number of rotatable bonds is 6. The third-order valence-electron chi connectivity index (χ3n) is 3.68. The van der Waals surface area contributed by atoms with Crippen LogP contribution in [0.4, 0.5) is 5.69 Å². The Kier molecular flexibility index (Phi) is 8.23. The minimum Gasteiger partial charge on any atom is -0.380 e. The molecular formula is C17H21Cl2N5O2S. The van der Waals surface area contributed by atoms with Crippen molar-refractivity contribution in [3.8, 4) is 5.82 Å². The van der Waals surface area contributed by atoms with Crippen molar-refractivity contribution in [2.75, 3.05) is 5.32 Å². The van der Waals surface area contributed by atoms with E-state index in [0.29, 0.717) is 12.0 Å². The van der Waals surface area contributed by atoms with E-state index in [1.54, 1.807) is 35.3 Å². The summed E-state index contributed by atoms with van der Waals surface area (Å²) in [4.78, 5) is 4.40. The molecule has 0 bridgehead atoms. The van der Waals surface area contributed by atoms with Crippen LogP contribution in [0.25, 0.3) is 5.82 Å². The van der Waals surface area contributed by atoms with Crippen LogP contribution in [0.5, 0.6) is 0 Å². The van der Waals surface area contributed by atoms with E-state index >= 15 is 0 Å². The highest BCUT2D eigenvalue weighted by Gasteiger charge is 2.15. The fourth-order valence-electron chi connectivity index (χ4n) is 2.63. The van der Waals surface area contributed by atoms with Gasteiger partial charge in [-0.1, -0.05) is 24.3 Å². The maximum atomic E-state index is 11.7. The lowest BCUT2D eigenvalue weighted by atomic mass is 10.1. The van der Waals surface area contributed by atoms with Crippen LogP contribution >= 0.6 is 24.8 Å². The summed E-state index contributed by atoms with van der Waals surface area (Å²) in [7, 11) is -3.74. The SMILES string of the molecule is CC(Cc1ccccc1S(N)(=O)=O)Nc1cnn(-c2ccccn2)c1.Cl.Cl. The average molecular weight is 430 g/mol. The Morgan fingerprint density at radius 1 is 1.15 bits per heavy atom. The molecule has 1 atom stereocenters. The van der Waals surface area contributed by atoms with Gasteiger partial charge in [-0.15, -0.1) is 24.8 Å². The van der Waals surface area contributed by atoms with Crippen molar-refractivity contribution in [3.05, 3.63) is 66.6 Å². The van der Waals surface area contributed by atoms with E-state index in [4.69, 9.17) is 5.14 Å². The molecule has 0 spiro atoms. The van der Waals surface area contributed by atoms with Crippen molar-refractivity contribution in [3.63, 3.8) is 0 Å². The van der Waals surface area contributed by atoms with Gasteiger partial charge in [-0.3, -0.25) is 0 Å². The lowest BCUT2D eigenvalue weighted by Crippen LogP contribution is -2.21. The second kappa shape index (κ2) is 9.70. The maximum Gasteiger partial charge on any atom is 0.238 e. The molecule has 27 heavy (non-hydrogen) atoms. The van der Waals surface area contributed by atoms with Crippen LogP contribution in [-0.4, -0.2) is 29.2 Å². The highest BCUT2D eigenvalue weighted by Crippen LogP contribution is 2.18. The maximum absolute atomic E-state index is 11.7. The van der Waals surface area contributed by atoms with Gasteiger partial charge in [0, 0.05) is 12.2 Å². The molecule has 0 aliphatic rings. The summed E-state index contributed by atoms with van der Waals surface area (Å²) in [5, 5.41) is 12.9. The van der Waals surface area contributed by atoms with Gasteiger partial charge in [-0.25, -0.2) is 23.2 Å². The zero-order chi connectivity index (χ0) is 17.9. The van der Waals surface area contributed by atoms with E-state index in [-0.39, 0.29) is 35.8 Å². The van der Waals surface area contributed by atoms with Crippen molar-refractivity contribution < 1.29 is 8.42 Å². The molecule has 0 radical (unpaired) electrons. The number of nitrogens with two attached hydrogens (primary N) is 1. The van der Waals surface area contributed by atoms with E-state index in [1.807, 2.05) is 31.3 Å². The number of aromatic nitrogens is 3. The lowest BCUT2D eigenvalue weighted by molar-refractivity contribution is 0.596. The minimum atomic E-state index is -3.74. The Labute approximate surface area is 170 Å². The van der Waals surface area contributed by atoms with Crippen LogP contribution in [0.2, 0.25) is 0 Å². The molecule has 0 saturated heterocycles. The first kappa shape index (κ1) is 22.9. The zero-order valence-corrected chi connectivity index (χ0v) is 17.0. The van der Waals surface area contributed by atoms with E-state index < -0.39 is 10.0 Å². The molecule has 10 heteroatoms. The Balaban J connectivity index is 0.00000182. The first-order valence-electron chi connectivity index (χ1n) is 7.77. The fraction of sp³-hybridized carbons (Fsp3) is 0.176. The van der Waals surface area contributed by atoms with E-state index in [0.717, 1.165) is 11.5 Å². The minimum absolute atomic E-state index is 0. The number of primary sulfonamides is 1. The van der Waals surface area contributed by atoms with Gasteiger partial charge >= 0.3 is 0 Å². The summed E-state index contributed by atoms with van der Waals surface area (Å²) < 4.78 is 25.1. The van der Waals surface area contributed by atoms with Crippen LogP contribution < -0.4 is 10.5 Å². The third kappa shape index (κ3) is 5.93. The van der Waals surface area contributed by atoms with Crippen molar-refractivity contribution in [1.82, 2.24) is 14.8 Å². The quantitative estimate of drug-likeness (QED) is 0.626. The number of hydrogen-bond acceptors (Lipinski definition) is 5. The van der Waals surface area contributed by atoms with Crippen LogP contribution in [-0.2, 0) is 16.4 Å². The Morgan fingerprint density at radius 3 is 2.52 bits per heavy atom. The molecule has 2 heterocycles. The molecule has 0 amide bonds. The summed E-state index contributed by atoms with van der Waals surface area (Å²) in [6.45, 7) is 1.97. The van der Waals surface area contributed by atoms with Crippen molar-refractivity contribution in [1.29, 1.82) is 0 Å². The molecule has 0 aliphatic carbocycles.